The van der Waals surface area contributed by atoms with Crippen LogP contribution in [-0.2, 0) is 13.2 Å². The lowest BCUT2D eigenvalue weighted by atomic mass is 10.1. The van der Waals surface area contributed by atoms with E-state index in [4.69, 9.17) is 4.74 Å². The summed E-state index contributed by atoms with van der Waals surface area (Å²) in [6, 6.07) is 9.17. The third-order valence-electron chi connectivity index (χ3n) is 3.17. The van der Waals surface area contributed by atoms with E-state index in [1.165, 1.54) is 6.07 Å². The van der Waals surface area contributed by atoms with Gasteiger partial charge in [-0.1, -0.05) is 19.9 Å². The Hall–Kier alpha value is -1.94. The summed E-state index contributed by atoms with van der Waals surface area (Å²) < 4.78 is 19.5. The zero-order valence-electron chi connectivity index (χ0n) is 12.7. The molecule has 0 saturated carbocycles. The Morgan fingerprint density at radius 3 is 2.81 bits per heavy atom. The Morgan fingerprint density at radius 1 is 1.29 bits per heavy atom. The molecule has 3 nitrogen and oxygen atoms in total. The molecule has 0 aliphatic heterocycles. The van der Waals surface area contributed by atoms with Gasteiger partial charge in [0, 0.05) is 24.3 Å². The predicted molar refractivity (Wildman–Crippen MR) is 81.7 cm³/mol. The molecule has 1 N–H and O–H groups in total. The van der Waals surface area contributed by atoms with E-state index in [-0.39, 0.29) is 12.4 Å². The van der Waals surface area contributed by atoms with Gasteiger partial charge in [-0.2, -0.15) is 0 Å². The van der Waals surface area contributed by atoms with Crippen LogP contribution in [0.4, 0.5) is 4.39 Å². The highest BCUT2D eigenvalue weighted by Crippen LogP contribution is 2.18. The Bertz CT molecular complexity index is 599. The number of ether oxygens (including phenoxy) is 1. The van der Waals surface area contributed by atoms with E-state index in [0.29, 0.717) is 17.4 Å². The largest absolute Gasteiger partial charge is 0.487 e. The van der Waals surface area contributed by atoms with E-state index in [0.717, 1.165) is 17.8 Å². The normalized spacial score (nSPS) is 10.9. The van der Waals surface area contributed by atoms with E-state index >= 15 is 0 Å². The summed E-state index contributed by atoms with van der Waals surface area (Å²) in [5.74, 6) is 0.437. The van der Waals surface area contributed by atoms with Crippen LogP contribution in [0.25, 0.3) is 0 Å². The van der Waals surface area contributed by atoms with E-state index < -0.39 is 0 Å². The number of hydrogen-bond acceptors (Lipinski definition) is 3. The number of hydrogen-bond donors (Lipinski definition) is 1. The van der Waals surface area contributed by atoms with Gasteiger partial charge in [-0.15, -0.1) is 0 Å². The Labute approximate surface area is 125 Å². The predicted octanol–water partition coefficient (Wildman–Crippen LogP) is 3.61. The lowest BCUT2D eigenvalue weighted by molar-refractivity contribution is 0.296. The number of halogens is 1. The van der Waals surface area contributed by atoms with Gasteiger partial charge in [0.15, 0.2) is 0 Å². The molecule has 0 fully saturated rings. The Balaban J connectivity index is 2.05. The smallest absolute Gasteiger partial charge is 0.141 e. The molecule has 4 heteroatoms. The molecule has 1 aromatic carbocycles. The van der Waals surface area contributed by atoms with Crippen LogP contribution in [0.2, 0.25) is 0 Å². The van der Waals surface area contributed by atoms with Crippen molar-refractivity contribution in [2.24, 2.45) is 0 Å². The number of benzene rings is 1. The minimum Gasteiger partial charge on any atom is -0.487 e. The average Bonchev–Trinajstić information content (AvgIpc) is 2.46. The van der Waals surface area contributed by atoms with E-state index in [1.54, 1.807) is 12.3 Å². The van der Waals surface area contributed by atoms with E-state index in [9.17, 15) is 4.39 Å². The molecular formula is C17H21FN2O. The summed E-state index contributed by atoms with van der Waals surface area (Å²) in [6.45, 7) is 6.96. The van der Waals surface area contributed by atoms with Crippen molar-refractivity contribution in [2.75, 3.05) is 0 Å². The molecule has 0 aliphatic rings. The van der Waals surface area contributed by atoms with Gasteiger partial charge >= 0.3 is 0 Å². The number of nitrogens with zero attached hydrogens (tertiary/aromatic N) is 1. The maximum atomic E-state index is 13.9. The number of aromatic nitrogens is 1. The highest BCUT2D eigenvalue weighted by atomic mass is 19.1. The van der Waals surface area contributed by atoms with Crippen molar-refractivity contribution in [1.82, 2.24) is 10.3 Å². The number of nitrogens with one attached hydrogen (secondary N) is 1. The second kappa shape index (κ2) is 7.18. The van der Waals surface area contributed by atoms with Crippen LogP contribution in [0.15, 0.2) is 36.5 Å². The zero-order chi connectivity index (χ0) is 15.2. The molecule has 0 spiro atoms. The monoisotopic (exact) mass is 288 g/mol. The van der Waals surface area contributed by atoms with Crippen molar-refractivity contribution in [1.29, 1.82) is 0 Å². The minimum absolute atomic E-state index is 0.202. The minimum atomic E-state index is -0.246. The van der Waals surface area contributed by atoms with Gasteiger partial charge in [0.05, 0.1) is 5.69 Å². The van der Waals surface area contributed by atoms with Crippen molar-refractivity contribution in [3.63, 3.8) is 0 Å². The van der Waals surface area contributed by atoms with Crippen LogP contribution in [-0.4, -0.2) is 11.0 Å². The molecule has 2 rings (SSSR count). The van der Waals surface area contributed by atoms with Gasteiger partial charge in [-0.3, -0.25) is 4.98 Å². The molecule has 0 radical (unpaired) electrons. The first kappa shape index (κ1) is 15.4. The van der Waals surface area contributed by atoms with E-state index in [1.807, 2.05) is 25.1 Å². The SMILES string of the molecule is Cc1ncccc1OCc1cc(CNC(C)C)ccc1F. The van der Waals surface area contributed by atoms with Gasteiger partial charge in [-0.25, -0.2) is 4.39 Å². The summed E-state index contributed by atoms with van der Waals surface area (Å²) in [6.07, 6.45) is 1.71. The fraction of sp³-hybridized carbons (Fsp3) is 0.353. The van der Waals surface area contributed by atoms with Gasteiger partial charge in [0.2, 0.25) is 0 Å². The first-order valence-corrected chi connectivity index (χ1v) is 7.11. The second-order valence-corrected chi connectivity index (χ2v) is 5.34. The molecule has 0 unspecified atom stereocenters. The van der Waals surface area contributed by atoms with E-state index in [2.05, 4.69) is 24.1 Å². The number of aryl methyl sites for hydroxylation is 1. The fourth-order valence-corrected chi connectivity index (χ4v) is 1.95. The summed E-state index contributed by atoms with van der Waals surface area (Å²) in [5, 5.41) is 3.32. The molecule has 0 saturated heterocycles. The molecular weight excluding hydrogens is 267 g/mol. The Morgan fingerprint density at radius 2 is 2.10 bits per heavy atom. The summed E-state index contributed by atoms with van der Waals surface area (Å²) in [5.41, 5.74) is 2.41. The van der Waals surface area contributed by atoms with Crippen molar-refractivity contribution in [2.45, 2.75) is 40.0 Å². The average molecular weight is 288 g/mol. The highest BCUT2D eigenvalue weighted by molar-refractivity contribution is 5.28. The van der Waals surface area contributed by atoms with Crippen LogP contribution in [0, 0.1) is 12.7 Å². The Kier molecular flexibility index (Phi) is 5.28. The first-order chi connectivity index (χ1) is 10.1. The highest BCUT2D eigenvalue weighted by Gasteiger charge is 2.07. The van der Waals surface area contributed by atoms with Crippen molar-refractivity contribution in [3.8, 4) is 5.75 Å². The van der Waals surface area contributed by atoms with Crippen molar-refractivity contribution in [3.05, 3.63) is 59.2 Å². The lowest BCUT2D eigenvalue weighted by Crippen LogP contribution is -2.21. The second-order valence-electron chi connectivity index (χ2n) is 5.34. The van der Waals surface area contributed by atoms with Crippen molar-refractivity contribution >= 4 is 0 Å². The molecule has 0 atom stereocenters. The van der Waals surface area contributed by atoms with Crippen LogP contribution in [0.1, 0.15) is 30.7 Å². The maximum Gasteiger partial charge on any atom is 0.141 e. The van der Waals surface area contributed by atoms with Crippen LogP contribution in [0.5, 0.6) is 5.75 Å². The molecule has 21 heavy (non-hydrogen) atoms. The van der Waals surface area contributed by atoms with Gasteiger partial charge in [0.1, 0.15) is 18.2 Å². The van der Waals surface area contributed by atoms with Crippen LogP contribution in [0.3, 0.4) is 0 Å². The summed E-state index contributed by atoms with van der Waals surface area (Å²) in [4.78, 5) is 4.15. The molecule has 1 heterocycles. The van der Waals surface area contributed by atoms with Crippen LogP contribution >= 0.6 is 0 Å². The number of pyridine rings is 1. The third kappa shape index (κ3) is 4.53. The van der Waals surface area contributed by atoms with Crippen LogP contribution < -0.4 is 10.1 Å². The van der Waals surface area contributed by atoms with Gasteiger partial charge in [0.25, 0.3) is 0 Å². The third-order valence-corrected chi connectivity index (χ3v) is 3.17. The van der Waals surface area contributed by atoms with Crippen molar-refractivity contribution < 1.29 is 9.13 Å². The zero-order valence-corrected chi connectivity index (χ0v) is 12.7. The summed E-state index contributed by atoms with van der Waals surface area (Å²) >= 11 is 0. The molecule has 0 amide bonds. The standard InChI is InChI=1S/C17H21FN2O/c1-12(2)20-10-14-6-7-16(18)15(9-14)11-21-17-5-4-8-19-13(17)3/h4-9,12,20H,10-11H2,1-3H3. The summed E-state index contributed by atoms with van der Waals surface area (Å²) in [7, 11) is 0. The molecule has 2 aromatic rings. The molecule has 0 bridgehead atoms. The topological polar surface area (TPSA) is 34.1 Å². The quantitative estimate of drug-likeness (QED) is 0.881. The first-order valence-electron chi connectivity index (χ1n) is 7.11. The number of rotatable bonds is 6. The fourth-order valence-electron chi connectivity index (χ4n) is 1.95. The van der Waals surface area contributed by atoms with Gasteiger partial charge < -0.3 is 10.1 Å². The molecule has 0 aliphatic carbocycles. The molecule has 112 valence electrons. The molecule has 1 aromatic heterocycles. The van der Waals surface area contributed by atoms with Gasteiger partial charge in [-0.05, 0) is 36.8 Å². The maximum absolute atomic E-state index is 13.9. The lowest BCUT2D eigenvalue weighted by Gasteiger charge is -2.12.